The summed E-state index contributed by atoms with van der Waals surface area (Å²) in [6.45, 7) is 1.89. The quantitative estimate of drug-likeness (QED) is 0.617. The molecule has 8 nitrogen and oxygen atoms in total. The fraction of sp³-hybridized carbons (Fsp3) is 0.364. The summed E-state index contributed by atoms with van der Waals surface area (Å²) in [5.74, 6) is -0.0814. The Labute approximate surface area is 107 Å². The number of hydrogen-bond donors (Lipinski definition) is 2. The number of hydrogen-bond acceptors (Lipinski definition) is 7. The van der Waals surface area contributed by atoms with Gasteiger partial charge in [-0.3, -0.25) is 10.1 Å². The standard InChI is InChI=1S/C11H11N3O5/c15-8-3-6-9(4-7(8)14(16)17)19-11(13-6)10-5-12-1-2-18-10/h3-4,10,12,15H,1-2,5H2. The summed E-state index contributed by atoms with van der Waals surface area (Å²) in [4.78, 5) is 14.2. The molecule has 0 aliphatic carbocycles. The van der Waals surface area contributed by atoms with Gasteiger partial charge in [-0.15, -0.1) is 0 Å². The number of nitro benzene ring substituents is 1. The minimum absolute atomic E-state index is 0.258. The van der Waals surface area contributed by atoms with Gasteiger partial charge in [-0.2, -0.15) is 0 Å². The van der Waals surface area contributed by atoms with Crippen LogP contribution in [0.3, 0.4) is 0 Å². The van der Waals surface area contributed by atoms with Gasteiger partial charge >= 0.3 is 5.69 Å². The molecule has 0 amide bonds. The molecule has 0 bridgehead atoms. The van der Waals surface area contributed by atoms with E-state index >= 15 is 0 Å². The Morgan fingerprint density at radius 1 is 1.53 bits per heavy atom. The molecule has 0 spiro atoms. The second-order valence-corrected chi connectivity index (χ2v) is 4.18. The van der Waals surface area contributed by atoms with E-state index in [0.717, 1.165) is 12.6 Å². The predicted molar refractivity (Wildman–Crippen MR) is 63.9 cm³/mol. The molecule has 3 rings (SSSR count). The third kappa shape index (κ3) is 2.11. The van der Waals surface area contributed by atoms with Crippen LogP contribution in [0.2, 0.25) is 0 Å². The van der Waals surface area contributed by atoms with Gasteiger partial charge in [0.25, 0.3) is 0 Å². The number of benzene rings is 1. The van der Waals surface area contributed by atoms with Crippen LogP contribution in [0.5, 0.6) is 5.75 Å². The monoisotopic (exact) mass is 265 g/mol. The van der Waals surface area contributed by atoms with Crippen LogP contribution in [0.15, 0.2) is 16.5 Å². The van der Waals surface area contributed by atoms with E-state index in [-0.39, 0.29) is 11.7 Å². The maximum Gasteiger partial charge on any atom is 0.314 e. The molecule has 1 aliphatic rings. The lowest BCUT2D eigenvalue weighted by Gasteiger charge is -2.20. The number of phenolic OH excluding ortho intramolecular Hbond substituents is 1. The number of nitrogens with one attached hydrogen (secondary N) is 1. The van der Waals surface area contributed by atoms with Crippen LogP contribution in [0.25, 0.3) is 11.1 Å². The van der Waals surface area contributed by atoms with Gasteiger partial charge in [0.2, 0.25) is 5.89 Å². The Bertz CT molecular complexity index is 633. The number of oxazole rings is 1. The molecular formula is C11H11N3O5. The highest BCUT2D eigenvalue weighted by Gasteiger charge is 2.23. The smallest absolute Gasteiger partial charge is 0.314 e. The fourth-order valence-electron chi connectivity index (χ4n) is 1.98. The van der Waals surface area contributed by atoms with E-state index < -0.39 is 16.4 Å². The van der Waals surface area contributed by atoms with Crippen molar-refractivity contribution in [3.05, 3.63) is 28.1 Å². The van der Waals surface area contributed by atoms with E-state index in [1.54, 1.807) is 0 Å². The van der Waals surface area contributed by atoms with Crippen molar-refractivity contribution in [2.24, 2.45) is 0 Å². The summed E-state index contributed by atoms with van der Waals surface area (Å²) in [6, 6.07) is 2.38. The molecule has 1 aromatic carbocycles. The largest absolute Gasteiger partial charge is 0.502 e. The number of phenols is 1. The highest BCUT2D eigenvalue weighted by Crippen LogP contribution is 2.32. The molecule has 0 saturated carbocycles. The Kier molecular flexibility index (Phi) is 2.80. The van der Waals surface area contributed by atoms with Gasteiger partial charge in [-0.25, -0.2) is 4.98 Å². The van der Waals surface area contributed by atoms with Crippen molar-refractivity contribution in [2.75, 3.05) is 19.7 Å². The van der Waals surface area contributed by atoms with Gasteiger partial charge in [-0.05, 0) is 0 Å². The van der Waals surface area contributed by atoms with Crippen LogP contribution >= 0.6 is 0 Å². The Hall–Kier alpha value is -2.19. The van der Waals surface area contributed by atoms with Gasteiger partial charge in [-0.1, -0.05) is 0 Å². The van der Waals surface area contributed by atoms with Crippen LogP contribution in [-0.2, 0) is 4.74 Å². The number of nitrogens with zero attached hydrogens (tertiary/aromatic N) is 2. The van der Waals surface area contributed by atoms with Crippen molar-refractivity contribution in [3.63, 3.8) is 0 Å². The van der Waals surface area contributed by atoms with Gasteiger partial charge in [0.15, 0.2) is 11.3 Å². The van der Waals surface area contributed by atoms with Crippen LogP contribution in [0.1, 0.15) is 12.0 Å². The predicted octanol–water partition coefficient (Wildman–Crippen LogP) is 1.10. The van der Waals surface area contributed by atoms with Gasteiger partial charge in [0.1, 0.15) is 11.6 Å². The summed E-state index contributed by atoms with van der Waals surface area (Å²) in [5, 5.41) is 23.4. The molecule has 0 radical (unpaired) electrons. The third-order valence-electron chi connectivity index (χ3n) is 2.90. The molecule has 2 aromatic rings. The first-order valence-corrected chi connectivity index (χ1v) is 5.75. The Balaban J connectivity index is 2.02. The lowest BCUT2D eigenvalue weighted by atomic mass is 10.2. The number of aromatic hydroxyl groups is 1. The lowest BCUT2D eigenvalue weighted by Crippen LogP contribution is -2.33. The van der Waals surface area contributed by atoms with Crippen molar-refractivity contribution in [2.45, 2.75) is 6.10 Å². The number of morpholine rings is 1. The second kappa shape index (κ2) is 4.48. The zero-order valence-electron chi connectivity index (χ0n) is 9.83. The molecule has 1 fully saturated rings. The van der Waals surface area contributed by atoms with E-state index in [4.69, 9.17) is 9.15 Å². The van der Waals surface area contributed by atoms with Crippen LogP contribution < -0.4 is 5.32 Å². The minimum atomic E-state index is -0.671. The second-order valence-electron chi connectivity index (χ2n) is 4.18. The van der Waals surface area contributed by atoms with Crippen molar-refractivity contribution in [1.29, 1.82) is 0 Å². The van der Waals surface area contributed by atoms with E-state index in [1.165, 1.54) is 6.07 Å². The van der Waals surface area contributed by atoms with Crippen LogP contribution in [-0.4, -0.2) is 34.7 Å². The summed E-state index contributed by atoms with van der Waals surface area (Å²) < 4.78 is 10.9. The van der Waals surface area contributed by atoms with Gasteiger partial charge in [0.05, 0.1) is 17.6 Å². The van der Waals surface area contributed by atoms with Crippen molar-refractivity contribution in [1.82, 2.24) is 10.3 Å². The van der Waals surface area contributed by atoms with Crippen LogP contribution in [0, 0.1) is 10.1 Å². The molecule has 100 valence electrons. The number of nitro groups is 1. The Morgan fingerprint density at radius 3 is 3.05 bits per heavy atom. The zero-order valence-corrected chi connectivity index (χ0v) is 9.83. The first-order valence-electron chi connectivity index (χ1n) is 5.75. The van der Waals surface area contributed by atoms with Gasteiger partial charge < -0.3 is 19.6 Å². The molecule has 2 N–H and O–H groups in total. The summed E-state index contributed by atoms with van der Waals surface area (Å²) >= 11 is 0. The maximum absolute atomic E-state index is 10.7. The van der Waals surface area contributed by atoms with Gasteiger partial charge in [0, 0.05) is 19.2 Å². The number of rotatable bonds is 2. The first-order chi connectivity index (χ1) is 9.15. The number of ether oxygens (including phenoxy) is 1. The molecule has 2 heterocycles. The normalized spacial score (nSPS) is 19.7. The Morgan fingerprint density at radius 2 is 2.37 bits per heavy atom. The number of aromatic nitrogens is 1. The minimum Gasteiger partial charge on any atom is -0.502 e. The SMILES string of the molecule is O=[N+]([O-])c1cc2oc(C3CNCCO3)nc2cc1O. The fourth-order valence-corrected chi connectivity index (χ4v) is 1.98. The highest BCUT2D eigenvalue weighted by molar-refractivity contribution is 5.79. The number of fused-ring (bicyclic) bond motifs is 1. The van der Waals surface area contributed by atoms with Crippen LogP contribution in [0.4, 0.5) is 5.69 Å². The zero-order chi connectivity index (χ0) is 13.4. The molecular weight excluding hydrogens is 254 g/mol. The van der Waals surface area contributed by atoms with Crippen molar-refractivity contribution in [3.8, 4) is 5.75 Å². The topological polar surface area (TPSA) is 111 Å². The average molecular weight is 265 g/mol. The molecule has 1 aliphatic heterocycles. The average Bonchev–Trinajstić information content (AvgIpc) is 2.81. The van der Waals surface area contributed by atoms with E-state index in [9.17, 15) is 15.2 Å². The van der Waals surface area contributed by atoms with E-state index in [0.29, 0.717) is 24.6 Å². The van der Waals surface area contributed by atoms with Crippen molar-refractivity contribution >= 4 is 16.8 Å². The molecule has 8 heteroatoms. The highest BCUT2D eigenvalue weighted by atomic mass is 16.6. The molecule has 19 heavy (non-hydrogen) atoms. The molecule has 1 saturated heterocycles. The third-order valence-corrected chi connectivity index (χ3v) is 2.90. The first kappa shape index (κ1) is 11.9. The van der Waals surface area contributed by atoms with E-state index in [2.05, 4.69) is 10.3 Å². The molecule has 1 aromatic heterocycles. The summed E-state index contributed by atoms with van der Waals surface area (Å²) in [5.41, 5.74) is 0.221. The van der Waals surface area contributed by atoms with E-state index in [1.807, 2.05) is 0 Å². The summed E-state index contributed by atoms with van der Waals surface area (Å²) in [6.07, 6.45) is -0.317. The molecule has 1 unspecified atom stereocenters. The summed E-state index contributed by atoms with van der Waals surface area (Å²) in [7, 11) is 0. The maximum atomic E-state index is 10.7. The molecule has 1 atom stereocenters. The van der Waals surface area contributed by atoms with Crippen molar-refractivity contribution < 1.29 is 19.2 Å². The lowest BCUT2D eigenvalue weighted by molar-refractivity contribution is -0.385.